The third-order valence-electron chi connectivity index (χ3n) is 2.58. The van der Waals surface area contributed by atoms with Crippen molar-refractivity contribution in [1.29, 1.82) is 0 Å². The maximum absolute atomic E-state index is 5.75. The van der Waals surface area contributed by atoms with Crippen molar-refractivity contribution in [2.45, 2.75) is 25.6 Å². The second kappa shape index (κ2) is 4.11. The summed E-state index contributed by atoms with van der Waals surface area (Å²) >= 11 is 0. The van der Waals surface area contributed by atoms with Crippen molar-refractivity contribution in [3.05, 3.63) is 35.9 Å². The van der Waals surface area contributed by atoms with Gasteiger partial charge in [-0.25, -0.2) is 0 Å². The monoisotopic (exact) mass is 192 g/mol. The Bertz CT molecular complexity index is 276. The van der Waals surface area contributed by atoms with Gasteiger partial charge in [-0.05, 0) is 13.3 Å². The molecule has 0 saturated carbocycles. The van der Waals surface area contributed by atoms with Crippen molar-refractivity contribution in [2.24, 2.45) is 0 Å². The van der Waals surface area contributed by atoms with Gasteiger partial charge in [0.2, 0.25) is 0 Å². The molecule has 2 nitrogen and oxygen atoms in total. The van der Waals surface area contributed by atoms with Gasteiger partial charge < -0.3 is 9.47 Å². The molecule has 1 saturated heterocycles. The Morgan fingerprint density at radius 1 is 1.36 bits per heavy atom. The van der Waals surface area contributed by atoms with E-state index in [2.05, 4.69) is 12.1 Å². The van der Waals surface area contributed by atoms with E-state index in [1.165, 1.54) is 0 Å². The Morgan fingerprint density at radius 3 is 2.71 bits per heavy atom. The number of hydrogen-bond acceptors (Lipinski definition) is 2. The average Bonchev–Trinajstić information content (AvgIpc) is 2.70. The molecule has 1 aromatic rings. The summed E-state index contributed by atoms with van der Waals surface area (Å²) in [7, 11) is 0. The van der Waals surface area contributed by atoms with Crippen LogP contribution in [-0.4, -0.2) is 13.2 Å². The highest BCUT2D eigenvalue weighted by Crippen LogP contribution is 2.36. The summed E-state index contributed by atoms with van der Waals surface area (Å²) in [6.07, 6.45) is 2.04. The molecule has 1 aliphatic rings. The molecule has 14 heavy (non-hydrogen) atoms. The van der Waals surface area contributed by atoms with Crippen molar-refractivity contribution >= 4 is 0 Å². The van der Waals surface area contributed by atoms with Gasteiger partial charge in [0.15, 0.2) is 5.79 Å². The maximum Gasteiger partial charge on any atom is 0.194 e. The minimum absolute atomic E-state index is 0.462. The number of rotatable bonds is 3. The first-order valence-corrected chi connectivity index (χ1v) is 5.21. The van der Waals surface area contributed by atoms with E-state index >= 15 is 0 Å². The summed E-state index contributed by atoms with van der Waals surface area (Å²) < 4.78 is 11.5. The third kappa shape index (κ3) is 1.68. The quantitative estimate of drug-likeness (QED) is 0.733. The molecule has 0 spiro atoms. The maximum atomic E-state index is 5.75. The molecule has 1 heterocycles. The number of ether oxygens (including phenoxy) is 2. The van der Waals surface area contributed by atoms with Gasteiger partial charge in [-0.3, -0.25) is 0 Å². The first-order valence-electron chi connectivity index (χ1n) is 5.21. The second-order valence-electron chi connectivity index (χ2n) is 3.50. The molecule has 0 radical (unpaired) electrons. The van der Waals surface area contributed by atoms with Crippen molar-refractivity contribution in [3.63, 3.8) is 0 Å². The first-order chi connectivity index (χ1) is 6.87. The summed E-state index contributed by atoms with van der Waals surface area (Å²) in [5.74, 6) is -0.462. The van der Waals surface area contributed by atoms with Gasteiger partial charge in [-0.15, -0.1) is 0 Å². The highest BCUT2D eigenvalue weighted by molar-refractivity contribution is 5.21. The van der Waals surface area contributed by atoms with Crippen LogP contribution in [0.15, 0.2) is 30.3 Å². The molecule has 0 aromatic heterocycles. The fourth-order valence-corrected chi connectivity index (χ4v) is 1.96. The standard InChI is InChI=1S/C12H16O2/c1-2-13-12(9-6-10-14-12)11-7-4-3-5-8-11/h3-5,7-8H,2,6,9-10H2,1H3. The lowest BCUT2D eigenvalue weighted by Crippen LogP contribution is -2.28. The van der Waals surface area contributed by atoms with Gasteiger partial charge in [0.05, 0.1) is 6.61 Å². The molecule has 76 valence electrons. The van der Waals surface area contributed by atoms with Crippen LogP contribution in [0.1, 0.15) is 25.3 Å². The fraction of sp³-hybridized carbons (Fsp3) is 0.500. The molecule has 1 aliphatic heterocycles. The summed E-state index contributed by atoms with van der Waals surface area (Å²) in [4.78, 5) is 0. The lowest BCUT2D eigenvalue weighted by Gasteiger charge is -2.28. The zero-order valence-electron chi connectivity index (χ0n) is 8.53. The Hall–Kier alpha value is -0.860. The smallest absolute Gasteiger partial charge is 0.194 e. The molecular formula is C12H16O2. The molecule has 1 atom stereocenters. The Morgan fingerprint density at radius 2 is 2.14 bits per heavy atom. The Kier molecular flexibility index (Phi) is 2.85. The number of benzene rings is 1. The topological polar surface area (TPSA) is 18.5 Å². The molecule has 2 rings (SSSR count). The van der Waals surface area contributed by atoms with Gasteiger partial charge in [0.1, 0.15) is 0 Å². The summed E-state index contributed by atoms with van der Waals surface area (Å²) in [6.45, 7) is 3.50. The highest BCUT2D eigenvalue weighted by atomic mass is 16.7. The second-order valence-corrected chi connectivity index (χ2v) is 3.50. The van der Waals surface area contributed by atoms with Gasteiger partial charge in [-0.2, -0.15) is 0 Å². The first kappa shape index (κ1) is 9.69. The van der Waals surface area contributed by atoms with Crippen LogP contribution in [0, 0.1) is 0 Å². The summed E-state index contributed by atoms with van der Waals surface area (Å²) in [5.41, 5.74) is 1.14. The predicted octanol–water partition coefficient (Wildman–Crippen LogP) is 2.69. The van der Waals surface area contributed by atoms with Crippen LogP contribution >= 0.6 is 0 Å². The van der Waals surface area contributed by atoms with Gasteiger partial charge >= 0.3 is 0 Å². The average molecular weight is 192 g/mol. The van der Waals surface area contributed by atoms with E-state index in [1.807, 2.05) is 25.1 Å². The molecule has 0 aliphatic carbocycles. The van der Waals surface area contributed by atoms with E-state index in [0.717, 1.165) is 25.0 Å². The van der Waals surface area contributed by atoms with Crippen LogP contribution in [0.3, 0.4) is 0 Å². The molecule has 1 fully saturated rings. The van der Waals surface area contributed by atoms with Crippen LogP contribution in [0.25, 0.3) is 0 Å². The van der Waals surface area contributed by atoms with E-state index < -0.39 is 5.79 Å². The van der Waals surface area contributed by atoms with E-state index in [0.29, 0.717) is 6.61 Å². The fourth-order valence-electron chi connectivity index (χ4n) is 1.96. The van der Waals surface area contributed by atoms with E-state index in [9.17, 15) is 0 Å². The van der Waals surface area contributed by atoms with E-state index in [-0.39, 0.29) is 0 Å². The lowest BCUT2D eigenvalue weighted by molar-refractivity contribution is -0.216. The third-order valence-corrected chi connectivity index (χ3v) is 2.58. The van der Waals surface area contributed by atoms with Crippen LogP contribution in [0.5, 0.6) is 0 Å². The zero-order chi connectivity index (χ0) is 9.86. The minimum Gasteiger partial charge on any atom is -0.346 e. The predicted molar refractivity (Wildman–Crippen MR) is 54.9 cm³/mol. The summed E-state index contributed by atoms with van der Waals surface area (Å²) in [5, 5.41) is 0. The van der Waals surface area contributed by atoms with Crippen LogP contribution in [0.2, 0.25) is 0 Å². The molecule has 2 heteroatoms. The van der Waals surface area contributed by atoms with Gasteiger partial charge in [0.25, 0.3) is 0 Å². The minimum atomic E-state index is -0.462. The largest absolute Gasteiger partial charge is 0.346 e. The molecule has 1 unspecified atom stereocenters. The van der Waals surface area contributed by atoms with Crippen molar-refractivity contribution in [2.75, 3.05) is 13.2 Å². The Labute approximate surface area is 84.8 Å². The van der Waals surface area contributed by atoms with Crippen LogP contribution < -0.4 is 0 Å². The highest BCUT2D eigenvalue weighted by Gasteiger charge is 2.37. The van der Waals surface area contributed by atoms with Crippen molar-refractivity contribution < 1.29 is 9.47 Å². The molecular weight excluding hydrogens is 176 g/mol. The molecule has 0 amide bonds. The van der Waals surface area contributed by atoms with Crippen molar-refractivity contribution in [1.82, 2.24) is 0 Å². The summed E-state index contributed by atoms with van der Waals surface area (Å²) in [6, 6.07) is 10.2. The zero-order valence-corrected chi connectivity index (χ0v) is 8.53. The van der Waals surface area contributed by atoms with Crippen LogP contribution in [-0.2, 0) is 15.3 Å². The Balaban J connectivity index is 2.27. The molecule has 0 bridgehead atoms. The van der Waals surface area contributed by atoms with Gasteiger partial charge in [0, 0.05) is 18.6 Å². The van der Waals surface area contributed by atoms with Crippen molar-refractivity contribution in [3.8, 4) is 0 Å². The van der Waals surface area contributed by atoms with E-state index in [1.54, 1.807) is 0 Å². The van der Waals surface area contributed by atoms with Crippen LogP contribution in [0.4, 0.5) is 0 Å². The van der Waals surface area contributed by atoms with Gasteiger partial charge in [-0.1, -0.05) is 30.3 Å². The molecule has 1 aromatic carbocycles. The normalized spacial score (nSPS) is 26.6. The molecule has 0 N–H and O–H groups in total. The number of hydrogen-bond donors (Lipinski definition) is 0. The van der Waals surface area contributed by atoms with E-state index in [4.69, 9.17) is 9.47 Å². The lowest BCUT2D eigenvalue weighted by atomic mass is 10.0. The SMILES string of the molecule is CCOC1(c2ccccc2)CCCO1.